The van der Waals surface area contributed by atoms with Crippen LogP contribution < -0.4 is 16.0 Å². The molecule has 31 heavy (non-hydrogen) atoms. The molecule has 0 spiro atoms. The Hall–Kier alpha value is -1.97. The second-order valence-electron chi connectivity index (χ2n) is 9.01. The second-order valence-corrected chi connectivity index (χ2v) is 10.00. The predicted octanol–water partition coefficient (Wildman–Crippen LogP) is 2.14. The van der Waals surface area contributed by atoms with E-state index in [-0.39, 0.29) is 23.7 Å². The molecular formula is C21H37N3O6S. The van der Waals surface area contributed by atoms with Crippen molar-refractivity contribution >= 4 is 35.6 Å². The topological polar surface area (TPSA) is 134 Å². The van der Waals surface area contributed by atoms with Crippen LogP contribution in [0.1, 0.15) is 59.8 Å². The fraction of sp³-hybridized carbons (Fsp3) is 0.810. The Kier molecular flexibility index (Phi) is 11.2. The van der Waals surface area contributed by atoms with Crippen LogP contribution in [0.4, 0.5) is 4.79 Å². The van der Waals surface area contributed by atoms with Crippen molar-refractivity contribution in [3.63, 3.8) is 0 Å². The van der Waals surface area contributed by atoms with Gasteiger partial charge in [0.05, 0.1) is 0 Å². The Bertz CT molecular complexity index is 629. The SMILES string of the molecule is CSCC[C@H](NC(=O)OC(C)(C)C)C(=O)NCC1CCC(C(=O)N[C@@H](C)C(=O)O)CC1. The van der Waals surface area contributed by atoms with Gasteiger partial charge in [-0.05, 0) is 77.7 Å². The van der Waals surface area contributed by atoms with Crippen LogP contribution in [-0.4, -0.2) is 65.2 Å². The first-order valence-corrected chi connectivity index (χ1v) is 12.1. The highest BCUT2D eigenvalue weighted by Crippen LogP contribution is 2.28. The molecule has 0 radical (unpaired) electrons. The summed E-state index contributed by atoms with van der Waals surface area (Å²) >= 11 is 1.60. The highest BCUT2D eigenvalue weighted by molar-refractivity contribution is 7.98. The van der Waals surface area contributed by atoms with E-state index < -0.39 is 29.7 Å². The number of hydrogen-bond acceptors (Lipinski definition) is 6. The van der Waals surface area contributed by atoms with Gasteiger partial charge in [-0.3, -0.25) is 14.4 Å². The zero-order chi connectivity index (χ0) is 23.6. The summed E-state index contributed by atoms with van der Waals surface area (Å²) in [7, 11) is 0. The molecule has 1 rings (SSSR count). The Labute approximate surface area is 188 Å². The summed E-state index contributed by atoms with van der Waals surface area (Å²) in [5.74, 6) is -0.750. The van der Waals surface area contributed by atoms with Crippen LogP contribution in [0.15, 0.2) is 0 Å². The Morgan fingerprint density at radius 1 is 1.10 bits per heavy atom. The van der Waals surface area contributed by atoms with Gasteiger partial charge in [-0.2, -0.15) is 11.8 Å². The number of carboxylic acid groups (broad SMARTS) is 1. The van der Waals surface area contributed by atoms with Gasteiger partial charge >= 0.3 is 12.1 Å². The van der Waals surface area contributed by atoms with Gasteiger partial charge in [0.1, 0.15) is 17.7 Å². The lowest BCUT2D eigenvalue weighted by atomic mass is 9.81. The molecule has 0 unspecified atom stereocenters. The van der Waals surface area contributed by atoms with Crippen molar-refractivity contribution in [3.05, 3.63) is 0 Å². The number of thioether (sulfide) groups is 1. The Balaban J connectivity index is 2.47. The molecule has 1 fully saturated rings. The maximum atomic E-state index is 12.6. The highest BCUT2D eigenvalue weighted by atomic mass is 32.2. The van der Waals surface area contributed by atoms with Gasteiger partial charge in [0.25, 0.3) is 0 Å². The minimum Gasteiger partial charge on any atom is -0.480 e. The molecule has 0 aliphatic heterocycles. The number of aliphatic carboxylic acids is 1. The minimum absolute atomic E-state index is 0.197. The van der Waals surface area contributed by atoms with Crippen molar-refractivity contribution in [2.45, 2.75) is 77.5 Å². The molecule has 0 aromatic rings. The third-order valence-electron chi connectivity index (χ3n) is 5.13. The molecule has 0 heterocycles. The van der Waals surface area contributed by atoms with Gasteiger partial charge in [0.2, 0.25) is 11.8 Å². The fourth-order valence-corrected chi connectivity index (χ4v) is 3.82. The van der Waals surface area contributed by atoms with Gasteiger partial charge in [0.15, 0.2) is 0 Å². The van der Waals surface area contributed by atoms with Crippen molar-refractivity contribution < 1.29 is 29.0 Å². The van der Waals surface area contributed by atoms with Crippen molar-refractivity contribution in [1.29, 1.82) is 0 Å². The van der Waals surface area contributed by atoms with Crippen LogP contribution in [0.25, 0.3) is 0 Å². The third-order valence-corrected chi connectivity index (χ3v) is 5.77. The van der Waals surface area contributed by atoms with Crippen LogP contribution >= 0.6 is 11.8 Å². The molecule has 1 aliphatic rings. The summed E-state index contributed by atoms with van der Waals surface area (Å²) < 4.78 is 5.26. The molecule has 0 aromatic carbocycles. The zero-order valence-corrected chi connectivity index (χ0v) is 20.0. The summed E-state index contributed by atoms with van der Waals surface area (Å²) in [6.07, 6.45) is 4.68. The lowest BCUT2D eigenvalue weighted by Crippen LogP contribution is -2.49. The molecule has 10 heteroatoms. The Morgan fingerprint density at radius 3 is 2.23 bits per heavy atom. The first-order chi connectivity index (χ1) is 14.4. The number of carboxylic acids is 1. The average molecular weight is 460 g/mol. The summed E-state index contributed by atoms with van der Waals surface area (Å²) in [5, 5.41) is 17.0. The number of ether oxygens (including phenoxy) is 1. The minimum atomic E-state index is -1.05. The van der Waals surface area contributed by atoms with Crippen LogP contribution in [-0.2, 0) is 19.1 Å². The van der Waals surface area contributed by atoms with Crippen LogP contribution in [0, 0.1) is 11.8 Å². The normalized spacial score (nSPS) is 20.8. The number of alkyl carbamates (subject to hydrolysis) is 1. The van der Waals surface area contributed by atoms with Crippen molar-refractivity contribution in [2.75, 3.05) is 18.6 Å². The van der Waals surface area contributed by atoms with Gasteiger partial charge < -0.3 is 25.8 Å². The van der Waals surface area contributed by atoms with E-state index in [9.17, 15) is 19.2 Å². The van der Waals surface area contributed by atoms with Crippen LogP contribution in [0.2, 0.25) is 0 Å². The molecule has 2 atom stereocenters. The predicted molar refractivity (Wildman–Crippen MR) is 120 cm³/mol. The molecular weight excluding hydrogens is 422 g/mol. The third kappa shape index (κ3) is 10.8. The van der Waals surface area contributed by atoms with E-state index in [1.165, 1.54) is 6.92 Å². The van der Waals surface area contributed by atoms with E-state index in [2.05, 4.69) is 16.0 Å². The summed E-state index contributed by atoms with van der Waals surface area (Å²) in [4.78, 5) is 47.8. The first-order valence-electron chi connectivity index (χ1n) is 10.7. The summed E-state index contributed by atoms with van der Waals surface area (Å²) in [6.45, 7) is 7.22. The quantitative estimate of drug-likeness (QED) is 0.393. The standard InChI is InChI=1S/C21H37N3O6S/c1-13(19(27)28)23-17(25)15-8-6-14(7-9-15)12-22-18(26)16(10-11-31-5)24-20(29)30-21(2,3)4/h13-16H,6-12H2,1-5H3,(H,22,26)(H,23,25)(H,24,29)(H,27,28)/t13-,14?,15?,16-/m0/s1. The number of rotatable bonds is 10. The molecule has 178 valence electrons. The molecule has 1 aliphatic carbocycles. The van der Waals surface area contributed by atoms with Gasteiger partial charge in [-0.25, -0.2) is 4.79 Å². The molecule has 4 N–H and O–H groups in total. The number of carbonyl (C=O) groups excluding carboxylic acids is 3. The van der Waals surface area contributed by atoms with E-state index in [1.54, 1.807) is 32.5 Å². The molecule has 0 aromatic heterocycles. The van der Waals surface area contributed by atoms with Gasteiger partial charge in [-0.1, -0.05) is 0 Å². The molecule has 0 bridgehead atoms. The van der Waals surface area contributed by atoms with Crippen LogP contribution in [0.5, 0.6) is 0 Å². The number of nitrogens with one attached hydrogen (secondary N) is 3. The molecule has 0 saturated heterocycles. The van der Waals surface area contributed by atoms with Gasteiger partial charge in [0, 0.05) is 12.5 Å². The highest BCUT2D eigenvalue weighted by Gasteiger charge is 2.29. The van der Waals surface area contributed by atoms with Crippen LogP contribution in [0.3, 0.4) is 0 Å². The number of amides is 3. The molecule has 1 saturated carbocycles. The zero-order valence-electron chi connectivity index (χ0n) is 19.2. The second kappa shape index (κ2) is 12.8. The summed E-state index contributed by atoms with van der Waals surface area (Å²) in [5.41, 5.74) is -0.641. The average Bonchev–Trinajstić information content (AvgIpc) is 2.68. The molecule has 9 nitrogen and oxygen atoms in total. The van der Waals surface area contributed by atoms with E-state index in [0.29, 0.717) is 25.8 Å². The fourth-order valence-electron chi connectivity index (χ4n) is 3.34. The number of hydrogen-bond donors (Lipinski definition) is 4. The first kappa shape index (κ1) is 27.1. The number of carbonyl (C=O) groups is 4. The van der Waals surface area contributed by atoms with Crippen molar-refractivity contribution in [1.82, 2.24) is 16.0 Å². The monoisotopic (exact) mass is 459 g/mol. The maximum Gasteiger partial charge on any atom is 0.408 e. The lowest BCUT2D eigenvalue weighted by molar-refractivity contribution is -0.142. The van der Waals surface area contributed by atoms with Crippen molar-refractivity contribution in [3.8, 4) is 0 Å². The van der Waals surface area contributed by atoms with E-state index in [0.717, 1.165) is 18.6 Å². The lowest BCUT2D eigenvalue weighted by Gasteiger charge is -2.29. The van der Waals surface area contributed by atoms with E-state index in [4.69, 9.17) is 9.84 Å². The smallest absolute Gasteiger partial charge is 0.408 e. The van der Waals surface area contributed by atoms with E-state index >= 15 is 0 Å². The summed E-state index contributed by atoms with van der Waals surface area (Å²) in [6, 6.07) is -1.57. The molecule has 3 amide bonds. The Morgan fingerprint density at radius 2 is 1.71 bits per heavy atom. The van der Waals surface area contributed by atoms with Crippen molar-refractivity contribution in [2.24, 2.45) is 11.8 Å². The van der Waals surface area contributed by atoms with Gasteiger partial charge in [-0.15, -0.1) is 0 Å². The van der Waals surface area contributed by atoms with E-state index in [1.807, 2.05) is 6.26 Å². The largest absolute Gasteiger partial charge is 0.480 e. The maximum absolute atomic E-state index is 12.6.